The molecule has 0 aromatic carbocycles. The second-order valence-electron chi connectivity index (χ2n) is 2.33. The van der Waals surface area contributed by atoms with Crippen molar-refractivity contribution in [3.63, 3.8) is 0 Å². The molecular formula is C8H8N2S. The zero-order chi connectivity index (χ0) is 7.52. The van der Waals surface area contributed by atoms with Crippen LogP contribution in [0, 0.1) is 0 Å². The number of thioether (sulfide) groups is 1. The minimum absolute atomic E-state index is 0.456. The Labute approximate surface area is 69.8 Å². The Balaban J connectivity index is 2.23. The zero-order valence-corrected chi connectivity index (χ0v) is 6.79. The van der Waals surface area contributed by atoms with Crippen LogP contribution in [0.3, 0.4) is 0 Å². The maximum absolute atomic E-state index is 4.16. The standard InChI is InChI=1S/C8H8N2S/c1-3-9-4-2-7(1)8-5-10-6-11-8/h1-5,8H,6H2. The fraction of sp³-hybridized carbons (Fsp3) is 0.250. The molecule has 0 spiro atoms. The maximum atomic E-state index is 4.16. The van der Waals surface area contributed by atoms with Gasteiger partial charge in [-0.05, 0) is 17.7 Å². The van der Waals surface area contributed by atoms with E-state index in [2.05, 4.69) is 9.98 Å². The quantitative estimate of drug-likeness (QED) is 0.633. The number of aromatic nitrogens is 1. The van der Waals surface area contributed by atoms with E-state index in [-0.39, 0.29) is 0 Å². The lowest BCUT2D eigenvalue weighted by molar-refractivity contribution is 1.24. The molecule has 1 atom stereocenters. The van der Waals surface area contributed by atoms with Crippen molar-refractivity contribution >= 4 is 18.0 Å². The molecule has 0 N–H and O–H groups in total. The normalized spacial score (nSPS) is 22.4. The minimum Gasteiger partial charge on any atom is -0.285 e. The largest absolute Gasteiger partial charge is 0.285 e. The molecule has 3 heteroatoms. The summed E-state index contributed by atoms with van der Waals surface area (Å²) in [5.41, 5.74) is 1.30. The van der Waals surface area contributed by atoms with Crippen LogP contribution in [0.25, 0.3) is 0 Å². The molecule has 1 aliphatic heterocycles. The van der Waals surface area contributed by atoms with Crippen LogP contribution < -0.4 is 0 Å². The second kappa shape index (κ2) is 3.05. The highest BCUT2D eigenvalue weighted by molar-refractivity contribution is 8.00. The molecule has 2 nitrogen and oxygen atoms in total. The fourth-order valence-electron chi connectivity index (χ4n) is 1.04. The number of aliphatic imine (C=N–C) groups is 1. The van der Waals surface area contributed by atoms with Gasteiger partial charge in [0.15, 0.2) is 0 Å². The molecule has 1 aromatic heterocycles. The smallest absolute Gasteiger partial charge is 0.0850 e. The summed E-state index contributed by atoms with van der Waals surface area (Å²) < 4.78 is 0. The molecule has 1 aromatic rings. The Kier molecular flexibility index (Phi) is 1.90. The first kappa shape index (κ1) is 6.85. The van der Waals surface area contributed by atoms with Crippen molar-refractivity contribution in [2.45, 2.75) is 5.25 Å². The third-order valence-corrected chi connectivity index (χ3v) is 2.66. The lowest BCUT2D eigenvalue weighted by Gasteiger charge is -2.03. The molecule has 0 saturated heterocycles. The molecule has 2 rings (SSSR count). The van der Waals surface area contributed by atoms with Gasteiger partial charge >= 0.3 is 0 Å². The summed E-state index contributed by atoms with van der Waals surface area (Å²) in [6.45, 7) is 0. The van der Waals surface area contributed by atoms with E-state index in [0.29, 0.717) is 5.25 Å². The molecule has 0 amide bonds. The Morgan fingerprint density at radius 2 is 2.18 bits per heavy atom. The first-order valence-corrected chi connectivity index (χ1v) is 4.53. The van der Waals surface area contributed by atoms with Gasteiger partial charge in [0, 0.05) is 18.6 Å². The summed E-state index contributed by atoms with van der Waals surface area (Å²) in [5.74, 6) is 0.896. The predicted octanol–water partition coefficient (Wildman–Crippen LogP) is 1.90. The van der Waals surface area contributed by atoms with E-state index < -0.39 is 0 Å². The van der Waals surface area contributed by atoms with E-state index >= 15 is 0 Å². The van der Waals surface area contributed by atoms with Crippen LogP contribution in [0.1, 0.15) is 10.8 Å². The number of nitrogens with zero attached hydrogens (tertiary/aromatic N) is 2. The fourth-order valence-corrected chi connectivity index (χ4v) is 1.90. The average molecular weight is 164 g/mol. The van der Waals surface area contributed by atoms with E-state index in [1.807, 2.05) is 42.5 Å². The molecule has 0 saturated carbocycles. The highest BCUT2D eigenvalue weighted by Crippen LogP contribution is 2.30. The molecular weight excluding hydrogens is 156 g/mol. The first-order chi connectivity index (χ1) is 5.47. The van der Waals surface area contributed by atoms with E-state index in [9.17, 15) is 0 Å². The third kappa shape index (κ3) is 1.43. The van der Waals surface area contributed by atoms with Gasteiger partial charge in [-0.3, -0.25) is 9.98 Å². The van der Waals surface area contributed by atoms with Crippen molar-refractivity contribution in [3.05, 3.63) is 30.1 Å². The van der Waals surface area contributed by atoms with Gasteiger partial charge in [-0.25, -0.2) is 0 Å². The van der Waals surface area contributed by atoms with Crippen molar-refractivity contribution in [1.82, 2.24) is 4.98 Å². The molecule has 0 aliphatic carbocycles. The van der Waals surface area contributed by atoms with Gasteiger partial charge in [-0.1, -0.05) is 0 Å². The van der Waals surface area contributed by atoms with Crippen LogP contribution in [-0.2, 0) is 0 Å². The average Bonchev–Trinajstić information content (AvgIpc) is 2.58. The summed E-state index contributed by atoms with van der Waals surface area (Å²) in [4.78, 5) is 8.12. The van der Waals surface area contributed by atoms with Gasteiger partial charge in [-0.15, -0.1) is 11.8 Å². The topological polar surface area (TPSA) is 25.2 Å². The van der Waals surface area contributed by atoms with Crippen LogP contribution in [0.4, 0.5) is 0 Å². The Morgan fingerprint density at radius 1 is 1.36 bits per heavy atom. The first-order valence-electron chi connectivity index (χ1n) is 3.48. The third-order valence-electron chi connectivity index (χ3n) is 1.60. The zero-order valence-electron chi connectivity index (χ0n) is 5.97. The minimum atomic E-state index is 0.456. The maximum Gasteiger partial charge on any atom is 0.0850 e. The predicted molar refractivity (Wildman–Crippen MR) is 47.9 cm³/mol. The van der Waals surface area contributed by atoms with Crippen molar-refractivity contribution in [2.75, 3.05) is 5.88 Å². The van der Waals surface area contributed by atoms with Gasteiger partial charge < -0.3 is 0 Å². The summed E-state index contributed by atoms with van der Waals surface area (Å²) in [6.07, 6.45) is 5.64. The van der Waals surface area contributed by atoms with Crippen molar-refractivity contribution in [2.24, 2.45) is 4.99 Å². The van der Waals surface area contributed by atoms with Gasteiger partial charge in [0.2, 0.25) is 0 Å². The van der Waals surface area contributed by atoms with Gasteiger partial charge in [0.25, 0.3) is 0 Å². The second-order valence-corrected chi connectivity index (χ2v) is 3.43. The lowest BCUT2D eigenvalue weighted by atomic mass is 10.2. The van der Waals surface area contributed by atoms with Crippen molar-refractivity contribution in [1.29, 1.82) is 0 Å². The van der Waals surface area contributed by atoms with E-state index in [1.165, 1.54) is 5.56 Å². The molecule has 56 valence electrons. The molecule has 11 heavy (non-hydrogen) atoms. The Morgan fingerprint density at radius 3 is 2.82 bits per heavy atom. The van der Waals surface area contributed by atoms with Crippen molar-refractivity contribution in [3.8, 4) is 0 Å². The van der Waals surface area contributed by atoms with Gasteiger partial charge in [0.05, 0.1) is 11.1 Å². The van der Waals surface area contributed by atoms with Crippen LogP contribution in [0.5, 0.6) is 0 Å². The van der Waals surface area contributed by atoms with Crippen molar-refractivity contribution < 1.29 is 0 Å². The van der Waals surface area contributed by atoms with Gasteiger partial charge in [0.1, 0.15) is 0 Å². The summed E-state index contributed by atoms with van der Waals surface area (Å²) in [7, 11) is 0. The SMILES string of the molecule is C1=NCSC1c1ccncc1. The van der Waals surface area contributed by atoms with Gasteiger partial charge in [-0.2, -0.15) is 0 Å². The highest BCUT2D eigenvalue weighted by Gasteiger charge is 2.12. The van der Waals surface area contributed by atoms with E-state index in [1.54, 1.807) is 0 Å². The number of rotatable bonds is 1. The van der Waals surface area contributed by atoms with E-state index in [4.69, 9.17) is 0 Å². The monoisotopic (exact) mass is 164 g/mol. The Bertz CT molecular complexity index is 258. The van der Waals surface area contributed by atoms with E-state index in [0.717, 1.165) is 5.88 Å². The summed E-state index contributed by atoms with van der Waals surface area (Å²) in [5, 5.41) is 0.456. The molecule has 2 heterocycles. The lowest BCUT2D eigenvalue weighted by Crippen LogP contribution is -1.90. The van der Waals surface area contributed by atoms with Crippen LogP contribution >= 0.6 is 11.8 Å². The molecule has 1 unspecified atom stereocenters. The van der Waals surface area contributed by atoms with Crippen LogP contribution in [0.15, 0.2) is 29.5 Å². The molecule has 0 bridgehead atoms. The summed E-state index contributed by atoms with van der Waals surface area (Å²) in [6, 6.07) is 4.07. The molecule has 0 radical (unpaired) electrons. The number of pyridine rings is 1. The van der Waals surface area contributed by atoms with Crippen LogP contribution in [-0.4, -0.2) is 17.1 Å². The highest BCUT2D eigenvalue weighted by atomic mass is 32.2. The number of hydrogen-bond donors (Lipinski definition) is 0. The molecule has 1 aliphatic rings. The molecule has 0 fully saturated rings. The Hall–Kier alpha value is -0.830. The van der Waals surface area contributed by atoms with Crippen LogP contribution in [0.2, 0.25) is 0 Å². The summed E-state index contributed by atoms with van der Waals surface area (Å²) >= 11 is 1.85. The number of hydrogen-bond acceptors (Lipinski definition) is 3.